The highest BCUT2D eigenvalue weighted by Gasteiger charge is 2.23. The lowest BCUT2D eigenvalue weighted by molar-refractivity contribution is -0.385. The summed E-state index contributed by atoms with van der Waals surface area (Å²) in [6, 6.07) is 0. The number of nitro groups is 2. The van der Waals surface area contributed by atoms with Crippen molar-refractivity contribution in [2.75, 3.05) is 13.2 Å². The van der Waals surface area contributed by atoms with E-state index in [4.69, 9.17) is 10.2 Å². The minimum atomic E-state index is -1.39. The molecule has 2 rings (SSSR count). The smallest absolute Gasteiger partial charge is 0.363 e. The summed E-state index contributed by atoms with van der Waals surface area (Å²) < 4.78 is 4.56. The Morgan fingerprint density at radius 1 is 1.07 bits per heavy atom. The molecule has 0 spiro atoms. The molecule has 0 amide bonds. The average molecular weight is 388 g/mol. The number of H-pyrrole nitrogens is 2. The van der Waals surface area contributed by atoms with Crippen molar-refractivity contribution in [3.05, 3.63) is 44.0 Å². The zero-order chi connectivity index (χ0) is 21.0. The number of hydrogen-bond acceptors (Lipinski definition) is 10. The molecule has 0 unspecified atom stereocenters. The number of aliphatic hydroxyl groups excluding tert-OH is 1. The fourth-order valence-corrected chi connectivity index (χ4v) is 1.35. The van der Waals surface area contributed by atoms with Gasteiger partial charge in [0.2, 0.25) is 11.4 Å². The SMILES string of the molecule is CCO.CCOC(=O)c1[nH]ncc1[N+](=O)[O-].O=C(O)c1[nH]ncc1[N+](=O)[O-]. The van der Waals surface area contributed by atoms with Crippen molar-refractivity contribution in [1.29, 1.82) is 0 Å². The number of esters is 1. The molecule has 0 fully saturated rings. The largest absolute Gasteiger partial charge is 0.476 e. The monoisotopic (exact) mass is 388 g/mol. The molecule has 2 aromatic heterocycles. The number of carboxylic acids is 1. The number of hydrogen-bond donors (Lipinski definition) is 4. The van der Waals surface area contributed by atoms with Crippen LogP contribution >= 0.6 is 0 Å². The molecule has 0 aliphatic carbocycles. The van der Waals surface area contributed by atoms with Crippen LogP contribution in [-0.2, 0) is 4.74 Å². The molecule has 0 atom stereocenters. The molecule has 27 heavy (non-hydrogen) atoms. The lowest BCUT2D eigenvalue weighted by Gasteiger charge is -1.96. The molecule has 15 heteroatoms. The summed E-state index contributed by atoms with van der Waals surface area (Å²) in [5.74, 6) is -2.17. The van der Waals surface area contributed by atoms with Gasteiger partial charge in [0.15, 0.2) is 0 Å². The number of ether oxygens (including phenoxy) is 1. The quantitative estimate of drug-likeness (QED) is 0.313. The van der Waals surface area contributed by atoms with Crippen LogP contribution in [0, 0.1) is 20.2 Å². The van der Waals surface area contributed by atoms with E-state index in [-0.39, 0.29) is 24.6 Å². The number of carboxylic acid groups (broad SMARTS) is 1. The zero-order valence-electron chi connectivity index (χ0n) is 14.1. The number of aromatic nitrogens is 4. The molecule has 0 aromatic carbocycles. The van der Waals surface area contributed by atoms with E-state index in [9.17, 15) is 29.8 Å². The molecule has 15 nitrogen and oxygen atoms in total. The predicted molar refractivity (Wildman–Crippen MR) is 86.2 cm³/mol. The number of carbonyl (C=O) groups excluding carboxylic acids is 1. The van der Waals surface area contributed by atoms with Crippen molar-refractivity contribution in [3.63, 3.8) is 0 Å². The van der Waals surface area contributed by atoms with Crippen LogP contribution in [0.1, 0.15) is 34.8 Å². The van der Waals surface area contributed by atoms with Crippen LogP contribution in [0.2, 0.25) is 0 Å². The third kappa shape index (κ3) is 7.26. The lowest BCUT2D eigenvalue weighted by Crippen LogP contribution is -2.07. The minimum Gasteiger partial charge on any atom is -0.476 e. The van der Waals surface area contributed by atoms with Gasteiger partial charge in [-0.3, -0.25) is 30.4 Å². The van der Waals surface area contributed by atoms with Crippen molar-refractivity contribution in [3.8, 4) is 0 Å². The summed E-state index contributed by atoms with van der Waals surface area (Å²) in [6.45, 7) is 3.70. The Morgan fingerprint density at radius 3 is 1.81 bits per heavy atom. The van der Waals surface area contributed by atoms with E-state index in [1.807, 2.05) is 5.10 Å². The highest BCUT2D eigenvalue weighted by molar-refractivity contribution is 5.91. The van der Waals surface area contributed by atoms with Crippen molar-refractivity contribution in [1.82, 2.24) is 20.4 Å². The molecular weight excluding hydrogens is 372 g/mol. The molecule has 0 bridgehead atoms. The number of carbonyl (C=O) groups is 2. The van der Waals surface area contributed by atoms with Gasteiger partial charge in [-0.05, 0) is 13.8 Å². The number of nitrogens with zero attached hydrogens (tertiary/aromatic N) is 4. The highest BCUT2D eigenvalue weighted by atomic mass is 16.6. The maximum atomic E-state index is 11.0. The predicted octanol–water partition coefficient (Wildman–Crippen LogP) is 0.509. The van der Waals surface area contributed by atoms with E-state index in [1.165, 1.54) is 0 Å². The highest BCUT2D eigenvalue weighted by Crippen LogP contribution is 2.15. The normalized spacial score (nSPS) is 9.15. The third-order valence-corrected chi connectivity index (χ3v) is 2.33. The second-order valence-electron chi connectivity index (χ2n) is 4.12. The van der Waals surface area contributed by atoms with Crippen LogP contribution in [0.5, 0.6) is 0 Å². The molecule has 0 saturated carbocycles. The van der Waals surface area contributed by atoms with Crippen LogP contribution < -0.4 is 0 Å². The van der Waals surface area contributed by atoms with Gasteiger partial charge >= 0.3 is 23.3 Å². The van der Waals surface area contributed by atoms with Crippen LogP contribution in [0.3, 0.4) is 0 Å². The van der Waals surface area contributed by atoms with Gasteiger partial charge in [0.05, 0.1) is 16.5 Å². The first kappa shape index (κ1) is 23.1. The van der Waals surface area contributed by atoms with E-state index in [1.54, 1.807) is 13.8 Å². The molecule has 0 aliphatic heterocycles. The molecule has 148 valence electrons. The summed E-state index contributed by atoms with van der Waals surface area (Å²) in [4.78, 5) is 40.1. The summed E-state index contributed by atoms with van der Waals surface area (Å²) in [6.07, 6.45) is 1.82. The van der Waals surface area contributed by atoms with Crippen molar-refractivity contribution >= 4 is 23.3 Å². The second kappa shape index (κ2) is 11.6. The van der Waals surface area contributed by atoms with Crippen LogP contribution in [-0.4, -0.2) is 65.6 Å². The van der Waals surface area contributed by atoms with Crippen molar-refractivity contribution in [2.24, 2.45) is 0 Å². The van der Waals surface area contributed by atoms with E-state index in [0.717, 1.165) is 12.4 Å². The Hall–Kier alpha value is -3.88. The van der Waals surface area contributed by atoms with E-state index in [0.29, 0.717) is 0 Å². The summed E-state index contributed by atoms with van der Waals surface area (Å²) in [5.41, 5.74) is -1.64. The Kier molecular flexibility index (Phi) is 9.96. The first-order valence-electron chi connectivity index (χ1n) is 7.07. The summed E-state index contributed by atoms with van der Waals surface area (Å²) in [7, 11) is 0. The van der Waals surface area contributed by atoms with Crippen molar-refractivity contribution < 1.29 is 34.4 Å². The summed E-state index contributed by atoms with van der Waals surface area (Å²) >= 11 is 0. The van der Waals surface area contributed by atoms with Gasteiger partial charge in [0.25, 0.3) is 0 Å². The van der Waals surface area contributed by atoms with Crippen LogP contribution in [0.4, 0.5) is 11.4 Å². The summed E-state index contributed by atoms with van der Waals surface area (Å²) in [5, 5.41) is 47.1. The number of aromatic amines is 2. The van der Waals surface area contributed by atoms with Crippen molar-refractivity contribution in [2.45, 2.75) is 13.8 Å². The topological polar surface area (TPSA) is 227 Å². The molecule has 0 aliphatic rings. The average Bonchev–Trinajstić information content (AvgIpc) is 3.26. The number of aliphatic hydroxyl groups is 1. The lowest BCUT2D eigenvalue weighted by atomic mass is 10.4. The molecule has 0 saturated heterocycles. The van der Waals surface area contributed by atoms with Crippen LogP contribution in [0.25, 0.3) is 0 Å². The second-order valence-corrected chi connectivity index (χ2v) is 4.12. The van der Waals surface area contributed by atoms with Gasteiger partial charge < -0.3 is 14.9 Å². The molecule has 2 aromatic rings. The molecule has 0 radical (unpaired) electrons. The molecule has 4 N–H and O–H groups in total. The Balaban J connectivity index is 0.000000442. The maximum absolute atomic E-state index is 11.0. The van der Waals surface area contributed by atoms with Crippen LogP contribution in [0.15, 0.2) is 12.4 Å². The molecule has 2 heterocycles. The Morgan fingerprint density at radius 2 is 1.48 bits per heavy atom. The standard InChI is InChI=1S/C6H7N3O4.C4H3N3O4.C2H6O/c1-2-13-6(10)5-4(9(11)12)3-7-8-5;8-4(9)3-2(7(10)11)1-5-6-3;1-2-3/h3H,2H2,1H3,(H,7,8);1H,(H,5,6)(H,8,9);3H,2H2,1H3. The van der Waals surface area contributed by atoms with Gasteiger partial charge in [0.1, 0.15) is 12.4 Å². The fourth-order valence-electron chi connectivity index (χ4n) is 1.35. The van der Waals surface area contributed by atoms with Gasteiger partial charge in [-0.1, -0.05) is 0 Å². The minimum absolute atomic E-state index is 0.162. The number of aromatic carboxylic acids is 1. The van der Waals surface area contributed by atoms with E-state index < -0.39 is 33.2 Å². The van der Waals surface area contributed by atoms with Gasteiger partial charge in [0, 0.05) is 6.61 Å². The Labute approximate surface area is 150 Å². The van der Waals surface area contributed by atoms with Gasteiger partial charge in [-0.2, -0.15) is 10.2 Å². The van der Waals surface area contributed by atoms with Gasteiger partial charge in [-0.15, -0.1) is 0 Å². The first-order chi connectivity index (χ1) is 12.7. The Bertz CT molecular complexity index is 755. The molecular formula is C12H16N6O9. The number of rotatable bonds is 5. The fraction of sp³-hybridized carbons (Fsp3) is 0.333. The van der Waals surface area contributed by atoms with E-state index in [2.05, 4.69) is 20.0 Å². The van der Waals surface area contributed by atoms with E-state index >= 15 is 0 Å². The number of nitrogens with one attached hydrogen (secondary N) is 2. The van der Waals surface area contributed by atoms with Gasteiger partial charge in [-0.25, -0.2) is 9.59 Å². The zero-order valence-corrected chi connectivity index (χ0v) is 14.1. The first-order valence-corrected chi connectivity index (χ1v) is 7.07. The maximum Gasteiger partial charge on any atom is 0.363 e. The third-order valence-electron chi connectivity index (χ3n) is 2.33.